The number of carbonyl (C=O) groups is 1. The van der Waals surface area contributed by atoms with Crippen LogP contribution in [0.15, 0.2) is 77.4 Å². The van der Waals surface area contributed by atoms with E-state index in [1.54, 1.807) is 12.1 Å². The van der Waals surface area contributed by atoms with Crippen LogP contribution in [0.4, 0.5) is 0 Å². The molecule has 0 bridgehead atoms. The van der Waals surface area contributed by atoms with Crippen molar-refractivity contribution >= 4 is 22.0 Å². The quantitative estimate of drug-likeness (QED) is 0.386. The summed E-state index contributed by atoms with van der Waals surface area (Å²) in [5.41, 5.74) is 1.02. The summed E-state index contributed by atoms with van der Waals surface area (Å²) in [6.07, 6.45) is 1.60. The number of carbonyl (C=O) groups excluding carboxylic acids is 1. The topological polar surface area (TPSA) is 88.1 Å². The van der Waals surface area contributed by atoms with E-state index in [0.29, 0.717) is 29.2 Å². The Morgan fingerprint density at radius 3 is 2.41 bits per heavy atom. The summed E-state index contributed by atoms with van der Waals surface area (Å²) in [6, 6.07) is 17.4. The number of rotatable bonds is 7. The van der Waals surface area contributed by atoms with Gasteiger partial charge in [-0.25, -0.2) is 0 Å². The molecule has 32 heavy (non-hydrogen) atoms. The molecule has 0 saturated carbocycles. The molecule has 4 rings (SSSR count). The Morgan fingerprint density at radius 2 is 1.69 bits per heavy atom. The molecule has 0 spiro atoms. The number of para-hydroxylation sites is 1. The van der Waals surface area contributed by atoms with Crippen LogP contribution in [-0.4, -0.2) is 27.9 Å². The van der Waals surface area contributed by atoms with E-state index in [1.165, 1.54) is 49.6 Å². The Hall–Kier alpha value is -3.78. The average molecular weight is 452 g/mol. The van der Waals surface area contributed by atoms with Gasteiger partial charge in [0, 0.05) is 11.6 Å². The number of benzene rings is 3. The van der Waals surface area contributed by atoms with Crippen molar-refractivity contribution in [3.8, 4) is 23.0 Å². The number of allylic oxidation sites excluding steroid dienone is 1. The minimum Gasteiger partial charge on any atom is -0.497 e. The van der Waals surface area contributed by atoms with Gasteiger partial charge in [-0.2, -0.15) is 8.42 Å². The van der Waals surface area contributed by atoms with E-state index in [2.05, 4.69) is 0 Å². The van der Waals surface area contributed by atoms with Gasteiger partial charge < -0.3 is 18.4 Å². The molecule has 8 heteroatoms. The van der Waals surface area contributed by atoms with Crippen LogP contribution in [0.5, 0.6) is 23.0 Å². The fourth-order valence-electron chi connectivity index (χ4n) is 3.16. The molecule has 0 atom stereocenters. The Labute approximate surface area is 185 Å². The van der Waals surface area contributed by atoms with Gasteiger partial charge in [-0.1, -0.05) is 18.2 Å². The fourth-order valence-corrected chi connectivity index (χ4v) is 4.09. The second-order valence-electron chi connectivity index (χ2n) is 6.78. The van der Waals surface area contributed by atoms with E-state index in [9.17, 15) is 13.2 Å². The van der Waals surface area contributed by atoms with Crippen molar-refractivity contribution in [3.63, 3.8) is 0 Å². The molecular formula is C24H20O7S. The highest BCUT2D eigenvalue weighted by Gasteiger charge is 2.29. The van der Waals surface area contributed by atoms with E-state index < -0.39 is 10.1 Å². The molecule has 0 fully saturated rings. The summed E-state index contributed by atoms with van der Waals surface area (Å²) in [7, 11) is -2.58. The third kappa shape index (κ3) is 4.31. The summed E-state index contributed by atoms with van der Waals surface area (Å²) in [5, 5.41) is 0. The molecule has 0 unspecified atom stereocenters. The number of ketones is 1. The molecule has 1 aliphatic heterocycles. The summed E-state index contributed by atoms with van der Waals surface area (Å²) < 4.78 is 46.7. The highest BCUT2D eigenvalue weighted by molar-refractivity contribution is 7.87. The van der Waals surface area contributed by atoms with Gasteiger partial charge in [-0.15, -0.1) is 0 Å². The van der Waals surface area contributed by atoms with E-state index in [1.807, 2.05) is 25.1 Å². The molecule has 0 aliphatic carbocycles. The third-order valence-electron chi connectivity index (χ3n) is 4.70. The van der Waals surface area contributed by atoms with Crippen LogP contribution in [0.3, 0.4) is 0 Å². The van der Waals surface area contributed by atoms with Crippen molar-refractivity contribution in [3.05, 3.63) is 83.6 Å². The monoisotopic (exact) mass is 452 g/mol. The molecule has 0 saturated heterocycles. The lowest BCUT2D eigenvalue weighted by molar-refractivity contribution is 0.101. The van der Waals surface area contributed by atoms with E-state index >= 15 is 0 Å². The van der Waals surface area contributed by atoms with Gasteiger partial charge >= 0.3 is 10.1 Å². The lowest BCUT2D eigenvalue weighted by Gasteiger charge is -2.08. The van der Waals surface area contributed by atoms with Crippen molar-refractivity contribution in [1.29, 1.82) is 0 Å². The van der Waals surface area contributed by atoms with Crippen LogP contribution in [0.2, 0.25) is 0 Å². The van der Waals surface area contributed by atoms with Crippen LogP contribution in [0.1, 0.15) is 22.8 Å². The van der Waals surface area contributed by atoms with Gasteiger partial charge in [0.15, 0.2) is 5.76 Å². The number of hydrogen-bond donors (Lipinski definition) is 0. The Bertz CT molecular complexity index is 1290. The highest BCUT2D eigenvalue weighted by Crippen LogP contribution is 2.36. The first kappa shape index (κ1) is 21.5. The van der Waals surface area contributed by atoms with Crippen LogP contribution < -0.4 is 18.4 Å². The van der Waals surface area contributed by atoms with Gasteiger partial charge in [0.05, 0.1) is 19.3 Å². The lowest BCUT2D eigenvalue weighted by Crippen LogP contribution is -2.09. The van der Waals surface area contributed by atoms with Gasteiger partial charge in [-0.3, -0.25) is 4.79 Å². The maximum Gasteiger partial charge on any atom is 0.339 e. The first-order valence-corrected chi connectivity index (χ1v) is 11.2. The largest absolute Gasteiger partial charge is 0.497 e. The molecule has 0 N–H and O–H groups in total. The van der Waals surface area contributed by atoms with Crippen LogP contribution >= 0.6 is 0 Å². The summed E-state index contributed by atoms with van der Waals surface area (Å²) in [5.74, 6) is 1.21. The van der Waals surface area contributed by atoms with Crippen molar-refractivity contribution < 1.29 is 31.6 Å². The van der Waals surface area contributed by atoms with Crippen molar-refractivity contribution in [2.45, 2.75) is 11.8 Å². The zero-order chi connectivity index (χ0) is 22.7. The predicted molar refractivity (Wildman–Crippen MR) is 118 cm³/mol. The van der Waals surface area contributed by atoms with Gasteiger partial charge in [0.2, 0.25) is 5.78 Å². The normalized spacial score (nSPS) is 14.1. The molecular weight excluding hydrogens is 432 g/mol. The molecule has 0 aromatic heterocycles. The Morgan fingerprint density at radius 1 is 0.969 bits per heavy atom. The summed E-state index contributed by atoms with van der Waals surface area (Å²) in [4.78, 5) is 12.7. The SMILES string of the molecule is CCOc1ccccc1C=C1Oc2cc(OS(=O)(=O)c3ccc(OC)cc3)ccc2C1=O. The van der Waals surface area contributed by atoms with Gasteiger partial charge in [-0.05, 0) is 55.5 Å². The van der Waals surface area contributed by atoms with E-state index in [-0.39, 0.29) is 27.9 Å². The zero-order valence-corrected chi connectivity index (χ0v) is 18.2. The van der Waals surface area contributed by atoms with Gasteiger partial charge in [0.1, 0.15) is 27.9 Å². The maximum absolute atomic E-state index is 12.7. The third-order valence-corrected chi connectivity index (χ3v) is 5.96. The molecule has 164 valence electrons. The summed E-state index contributed by atoms with van der Waals surface area (Å²) >= 11 is 0. The number of hydrogen-bond acceptors (Lipinski definition) is 7. The highest BCUT2D eigenvalue weighted by atomic mass is 32.2. The first-order valence-electron chi connectivity index (χ1n) is 9.80. The number of fused-ring (bicyclic) bond motifs is 1. The smallest absolute Gasteiger partial charge is 0.339 e. The van der Waals surface area contributed by atoms with Crippen LogP contribution in [0.25, 0.3) is 6.08 Å². The van der Waals surface area contributed by atoms with Crippen LogP contribution in [0, 0.1) is 0 Å². The molecule has 3 aromatic rings. The maximum atomic E-state index is 12.7. The first-order chi connectivity index (χ1) is 15.4. The lowest BCUT2D eigenvalue weighted by atomic mass is 10.1. The number of ether oxygens (including phenoxy) is 3. The van der Waals surface area contributed by atoms with Crippen LogP contribution in [-0.2, 0) is 10.1 Å². The van der Waals surface area contributed by atoms with Crippen molar-refractivity contribution in [2.24, 2.45) is 0 Å². The number of methoxy groups -OCH3 is 1. The Kier molecular flexibility index (Phi) is 5.87. The fraction of sp³-hybridized carbons (Fsp3) is 0.125. The second kappa shape index (κ2) is 8.76. The standard InChI is InChI=1S/C24H20O7S/c1-3-29-21-7-5-4-6-16(21)14-23-24(25)20-13-10-18(15-22(20)30-23)31-32(26,27)19-11-8-17(28-2)9-12-19/h4-15H,3H2,1-2H3. The van der Waals surface area contributed by atoms with E-state index in [4.69, 9.17) is 18.4 Å². The second-order valence-corrected chi connectivity index (χ2v) is 8.33. The molecule has 0 amide bonds. The predicted octanol–water partition coefficient (Wildman–Crippen LogP) is 4.48. The molecule has 3 aromatic carbocycles. The molecule has 7 nitrogen and oxygen atoms in total. The molecule has 1 aliphatic rings. The summed E-state index contributed by atoms with van der Waals surface area (Å²) in [6.45, 7) is 2.36. The van der Waals surface area contributed by atoms with Crippen molar-refractivity contribution in [2.75, 3.05) is 13.7 Å². The minimum absolute atomic E-state index is 0.0242. The zero-order valence-electron chi connectivity index (χ0n) is 17.4. The average Bonchev–Trinajstić information content (AvgIpc) is 3.09. The Balaban J connectivity index is 1.58. The van der Waals surface area contributed by atoms with Gasteiger partial charge in [0.25, 0.3) is 0 Å². The minimum atomic E-state index is -4.07. The number of Topliss-reactive ketones (excluding diaryl/α,β-unsaturated/α-hetero) is 1. The van der Waals surface area contributed by atoms with Crippen molar-refractivity contribution in [1.82, 2.24) is 0 Å². The molecule has 1 heterocycles. The molecule has 0 radical (unpaired) electrons. The van der Waals surface area contributed by atoms with E-state index in [0.717, 1.165) is 0 Å².